The molecule has 0 radical (unpaired) electrons. The number of ketones is 1. The summed E-state index contributed by atoms with van der Waals surface area (Å²) in [5, 5.41) is 9.37. The molecule has 3 aromatic heterocycles. The molecular weight excluding hydrogens is 482 g/mol. The molecule has 1 N–H and O–H groups in total. The lowest BCUT2D eigenvalue weighted by Crippen LogP contribution is -2.19. The molecule has 0 aliphatic heterocycles. The number of rotatable bonds is 11. The molecule has 4 rings (SSSR count). The first-order valence-corrected chi connectivity index (χ1v) is 12.2. The van der Waals surface area contributed by atoms with Crippen LogP contribution >= 0.6 is 11.6 Å². The van der Waals surface area contributed by atoms with Crippen molar-refractivity contribution in [2.24, 2.45) is 0 Å². The molecule has 0 amide bonds. The number of carbonyl (C=O) groups is 2. The highest BCUT2D eigenvalue weighted by Gasteiger charge is 2.17. The van der Waals surface area contributed by atoms with Crippen molar-refractivity contribution in [3.8, 4) is 22.5 Å². The highest BCUT2D eigenvalue weighted by molar-refractivity contribution is 6.30. The van der Waals surface area contributed by atoms with Crippen LogP contribution in [0.2, 0.25) is 5.02 Å². The van der Waals surface area contributed by atoms with Crippen LogP contribution in [-0.4, -0.2) is 40.8 Å². The number of hydrogen-bond donors (Lipinski definition) is 1. The normalized spacial score (nSPS) is 11.2. The number of carboxylic acid groups (broad SMARTS) is 1. The van der Waals surface area contributed by atoms with Crippen molar-refractivity contribution in [1.82, 2.24) is 23.9 Å². The minimum atomic E-state index is -0.950. The minimum Gasteiger partial charge on any atom is -0.481 e. The van der Waals surface area contributed by atoms with E-state index in [0.29, 0.717) is 34.3 Å². The molecule has 0 aliphatic rings. The summed E-state index contributed by atoms with van der Waals surface area (Å²) in [6, 6.07) is 8.80. The van der Waals surface area contributed by atoms with Gasteiger partial charge in [0.15, 0.2) is 11.6 Å². The van der Waals surface area contributed by atoms with Gasteiger partial charge in [-0.2, -0.15) is 0 Å². The molecular formula is C26H26ClN5O4. The first-order valence-electron chi connectivity index (χ1n) is 11.8. The molecule has 0 atom stereocenters. The predicted molar refractivity (Wildman–Crippen MR) is 136 cm³/mol. The number of hydrogen-bond acceptors (Lipinski definition) is 6. The Morgan fingerprint density at radius 1 is 1.00 bits per heavy atom. The van der Waals surface area contributed by atoms with Gasteiger partial charge in [0, 0.05) is 60.2 Å². The van der Waals surface area contributed by atoms with Crippen molar-refractivity contribution in [2.75, 3.05) is 0 Å². The van der Waals surface area contributed by atoms with E-state index in [9.17, 15) is 14.4 Å². The van der Waals surface area contributed by atoms with E-state index in [-0.39, 0.29) is 36.4 Å². The van der Waals surface area contributed by atoms with Crippen molar-refractivity contribution in [2.45, 2.75) is 52.0 Å². The van der Waals surface area contributed by atoms with Gasteiger partial charge in [0.2, 0.25) is 5.78 Å². The number of aromatic nitrogens is 5. The summed E-state index contributed by atoms with van der Waals surface area (Å²) in [6.45, 7) is 2.76. The number of Topliss-reactive ketones (excluding diaryl/α,β-unsaturated/α-hetero) is 1. The Labute approximate surface area is 212 Å². The van der Waals surface area contributed by atoms with Crippen molar-refractivity contribution in [3.05, 3.63) is 70.1 Å². The molecule has 36 heavy (non-hydrogen) atoms. The van der Waals surface area contributed by atoms with Gasteiger partial charge in [-0.05, 0) is 25.0 Å². The molecule has 1 aromatic carbocycles. The summed E-state index contributed by atoms with van der Waals surface area (Å²) in [5.41, 5.74) is 2.46. The van der Waals surface area contributed by atoms with Crippen LogP contribution < -0.4 is 5.56 Å². The highest BCUT2D eigenvalue weighted by Crippen LogP contribution is 2.24. The van der Waals surface area contributed by atoms with Crippen molar-refractivity contribution in [3.63, 3.8) is 0 Å². The van der Waals surface area contributed by atoms with Crippen molar-refractivity contribution < 1.29 is 14.7 Å². The quantitative estimate of drug-likeness (QED) is 0.226. The van der Waals surface area contributed by atoms with Gasteiger partial charge in [0.05, 0.1) is 11.4 Å². The molecule has 3 heterocycles. The van der Waals surface area contributed by atoms with Gasteiger partial charge in [-0.25, -0.2) is 15.0 Å². The largest absolute Gasteiger partial charge is 0.481 e. The number of halogens is 1. The highest BCUT2D eigenvalue weighted by atomic mass is 35.5. The third-order valence-electron chi connectivity index (χ3n) is 5.83. The maximum Gasteiger partial charge on any atom is 0.303 e. The Balaban J connectivity index is 1.72. The fraction of sp³-hybridized carbons (Fsp3) is 0.308. The number of aliphatic carboxylic acids is 1. The van der Waals surface area contributed by atoms with Crippen LogP contribution in [0.3, 0.4) is 0 Å². The third-order valence-corrected chi connectivity index (χ3v) is 6.09. The van der Waals surface area contributed by atoms with Gasteiger partial charge in [-0.1, -0.05) is 43.5 Å². The van der Waals surface area contributed by atoms with E-state index in [1.807, 2.05) is 16.7 Å². The van der Waals surface area contributed by atoms with Crippen LogP contribution in [0.1, 0.15) is 56.1 Å². The van der Waals surface area contributed by atoms with Crippen LogP contribution in [0.25, 0.3) is 28.3 Å². The second-order valence-corrected chi connectivity index (χ2v) is 8.93. The van der Waals surface area contributed by atoms with E-state index in [2.05, 4.69) is 16.9 Å². The molecule has 0 spiro atoms. The number of imidazole rings is 1. The van der Waals surface area contributed by atoms with Gasteiger partial charge >= 0.3 is 5.97 Å². The van der Waals surface area contributed by atoms with Crippen LogP contribution in [0, 0.1) is 0 Å². The molecule has 0 unspecified atom stereocenters. The van der Waals surface area contributed by atoms with Crippen LogP contribution in [0.15, 0.2) is 53.7 Å². The Hall–Kier alpha value is -3.85. The summed E-state index contributed by atoms with van der Waals surface area (Å²) < 4.78 is 3.50. The maximum absolute atomic E-state index is 13.0. The standard InChI is InChI=1S/C26H26ClN5O4/c1-2-3-4-12-31-21(18-14-28-25(29-15-18)22(33)6-5-7-24(35)36)13-23(34)32-16-20(30-26(31)32)17-8-10-19(27)11-9-17/h8-11,13-16H,2-7,12H2,1H3,(H,35,36). The zero-order valence-electron chi connectivity index (χ0n) is 19.9. The molecule has 0 fully saturated rings. The molecule has 0 aliphatic carbocycles. The van der Waals surface area contributed by atoms with Crippen LogP contribution in [-0.2, 0) is 11.3 Å². The summed E-state index contributed by atoms with van der Waals surface area (Å²) in [6.07, 6.45) is 7.90. The average molecular weight is 508 g/mol. The number of carboxylic acids is 1. The first kappa shape index (κ1) is 25.2. The van der Waals surface area contributed by atoms with Crippen molar-refractivity contribution in [1.29, 1.82) is 0 Å². The van der Waals surface area contributed by atoms with Gasteiger partial charge in [-0.3, -0.25) is 18.8 Å². The molecule has 0 bridgehead atoms. The SMILES string of the molecule is CCCCCn1c(-c2cnc(C(=O)CCCC(=O)O)nc2)cc(=O)n2cc(-c3ccc(Cl)cc3)nc12. The Kier molecular flexibility index (Phi) is 7.90. The topological polar surface area (TPSA) is 119 Å². The summed E-state index contributed by atoms with van der Waals surface area (Å²) >= 11 is 6.02. The van der Waals surface area contributed by atoms with E-state index in [1.54, 1.807) is 18.3 Å². The smallest absolute Gasteiger partial charge is 0.303 e. The van der Waals surface area contributed by atoms with Gasteiger partial charge in [0.25, 0.3) is 5.56 Å². The Bertz CT molecular complexity index is 1440. The number of fused-ring (bicyclic) bond motifs is 1. The summed E-state index contributed by atoms with van der Waals surface area (Å²) in [5.74, 6) is -0.739. The van der Waals surface area contributed by atoms with Gasteiger partial charge in [0.1, 0.15) is 0 Å². The van der Waals surface area contributed by atoms with Gasteiger partial charge < -0.3 is 9.67 Å². The molecule has 4 aromatic rings. The molecule has 186 valence electrons. The summed E-state index contributed by atoms with van der Waals surface area (Å²) in [4.78, 5) is 49.2. The number of carbonyl (C=O) groups excluding carboxylic acids is 1. The fourth-order valence-electron chi connectivity index (χ4n) is 3.95. The second kappa shape index (κ2) is 11.3. The molecule has 0 saturated carbocycles. The predicted octanol–water partition coefficient (Wildman–Crippen LogP) is 4.90. The number of nitrogens with zero attached hydrogens (tertiary/aromatic N) is 5. The second-order valence-electron chi connectivity index (χ2n) is 8.50. The number of unbranched alkanes of at least 4 members (excludes halogenated alkanes) is 2. The summed E-state index contributed by atoms with van der Waals surface area (Å²) in [7, 11) is 0. The first-order chi connectivity index (χ1) is 17.4. The van der Waals surface area contributed by atoms with Crippen molar-refractivity contribution >= 4 is 29.1 Å². The zero-order chi connectivity index (χ0) is 25.7. The third kappa shape index (κ3) is 5.68. The van der Waals surface area contributed by atoms with E-state index < -0.39 is 5.97 Å². The Morgan fingerprint density at radius 3 is 2.39 bits per heavy atom. The fourth-order valence-corrected chi connectivity index (χ4v) is 4.08. The van der Waals surface area contributed by atoms with E-state index in [0.717, 1.165) is 24.8 Å². The van der Waals surface area contributed by atoms with E-state index in [1.165, 1.54) is 22.9 Å². The lowest BCUT2D eigenvalue weighted by molar-refractivity contribution is -0.137. The maximum atomic E-state index is 13.0. The van der Waals surface area contributed by atoms with E-state index in [4.69, 9.17) is 21.7 Å². The molecule has 10 heteroatoms. The number of aryl methyl sites for hydroxylation is 1. The van der Waals surface area contributed by atoms with Gasteiger partial charge in [-0.15, -0.1) is 0 Å². The molecule has 9 nitrogen and oxygen atoms in total. The van der Waals surface area contributed by atoms with E-state index >= 15 is 0 Å². The molecule has 0 saturated heterocycles. The minimum absolute atomic E-state index is 0.0240. The average Bonchev–Trinajstić information content (AvgIpc) is 3.32. The van der Waals surface area contributed by atoms with Crippen LogP contribution in [0.5, 0.6) is 0 Å². The number of benzene rings is 1. The monoisotopic (exact) mass is 507 g/mol. The lowest BCUT2D eigenvalue weighted by atomic mass is 10.1. The zero-order valence-corrected chi connectivity index (χ0v) is 20.6. The lowest BCUT2D eigenvalue weighted by Gasteiger charge is -2.14. The Morgan fingerprint density at radius 2 is 1.72 bits per heavy atom. The van der Waals surface area contributed by atoms with Crippen LogP contribution in [0.4, 0.5) is 0 Å².